The van der Waals surface area contributed by atoms with Crippen LogP contribution < -0.4 is 5.32 Å². The predicted octanol–water partition coefficient (Wildman–Crippen LogP) is 5.04. The summed E-state index contributed by atoms with van der Waals surface area (Å²) in [6, 6.07) is 17.8. The smallest absolute Gasteiger partial charge is 0.321 e. The van der Waals surface area contributed by atoms with Crippen molar-refractivity contribution >= 4 is 34.5 Å². The van der Waals surface area contributed by atoms with E-state index in [0.717, 1.165) is 41.3 Å². The Morgan fingerprint density at radius 1 is 1.03 bits per heavy atom. The highest BCUT2D eigenvalue weighted by Crippen LogP contribution is 2.23. The molecule has 0 atom stereocenters. The molecule has 1 N–H and O–H groups in total. The SMILES string of the molecule is Cc1cccc(-n2c(CN3CCN(C(=O)Nc4ccc(C)c(Cl)c4)CC3)nc3cccnc32)c1. The highest BCUT2D eigenvalue weighted by Gasteiger charge is 2.23. The molecule has 0 bridgehead atoms. The van der Waals surface area contributed by atoms with E-state index in [1.165, 1.54) is 5.56 Å². The molecule has 174 valence electrons. The fourth-order valence-electron chi connectivity index (χ4n) is 4.29. The van der Waals surface area contributed by atoms with Gasteiger partial charge in [-0.1, -0.05) is 29.8 Å². The number of carbonyl (C=O) groups is 1. The summed E-state index contributed by atoms with van der Waals surface area (Å²) in [5.74, 6) is 0.950. The van der Waals surface area contributed by atoms with E-state index in [1.807, 2.05) is 36.1 Å². The third kappa shape index (κ3) is 4.62. The highest BCUT2D eigenvalue weighted by molar-refractivity contribution is 6.31. The first-order valence-electron chi connectivity index (χ1n) is 11.4. The lowest BCUT2D eigenvalue weighted by Crippen LogP contribution is -2.49. The van der Waals surface area contributed by atoms with E-state index in [-0.39, 0.29) is 6.03 Å². The largest absolute Gasteiger partial charge is 0.322 e. The zero-order chi connectivity index (χ0) is 23.7. The van der Waals surface area contributed by atoms with Gasteiger partial charge in [0.05, 0.1) is 6.54 Å². The third-order valence-corrected chi connectivity index (χ3v) is 6.60. The van der Waals surface area contributed by atoms with Crippen LogP contribution in [0.2, 0.25) is 5.02 Å². The second kappa shape index (κ2) is 9.44. The monoisotopic (exact) mass is 474 g/mol. The third-order valence-electron chi connectivity index (χ3n) is 6.19. The van der Waals surface area contributed by atoms with Gasteiger partial charge in [-0.3, -0.25) is 9.47 Å². The Labute approximate surface area is 204 Å². The molecule has 0 radical (unpaired) electrons. The van der Waals surface area contributed by atoms with Crippen LogP contribution in [0.25, 0.3) is 16.9 Å². The summed E-state index contributed by atoms with van der Waals surface area (Å²) in [6.07, 6.45) is 1.80. The van der Waals surface area contributed by atoms with Gasteiger partial charge in [0, 0.05) is 48.8 Å². The second-order valence-corrected chi connectivity index (χ2v) is 9.11. The van der Waals surface area contributed by atoms with Gasteiger partial charge in [-0.2, -0.15) is 0 Å². The Morgan fingerprint density at radius 3 is 2.62 bits per heavy atom. The van der Waals surface area contributed by atoms with Gasteiger partial charge >= 0.3 is 6.03 Å². The minimum atomic E-state index is -0.101. The molecule has 0 unspecified atom stereocenters. The summed E-state index contributed by atoms with van der Waals surface area (Å²) < 4.78 is 2.14. The summed E-state index contributed by atoms with van der Waals surface area (Å²) in [5.41, 5.74) is 5.69. The Kier molecular flexibility index (Phi) is 6.22. The van der Waals surface area contributed by atoms with E-state index in [0.29, 0.717) is 30.3 Å². The van der Waals surface area contributed by atoms with Crippen LogP contribution in [0.4, 0.5) is 10.5 Å². The van der Waals surface area contributed by atoms with Crippen LogP contribution in [0.1, 0.15) is 17.0 Å². The molecule has 5 rings (SSSR count). The van der Waals surface area contributed by atoms with Crippen molar-refractivity contribution in [2.24, 2.45) is 0 Å². The Bertz CT molecular complexity index is 1340. The van der Waals surface area contributed by atoms with Crippen molar-refractivity contribution in [3.63, 3.8) is 0 Å². The molecule has 1 aliphatic heterocycles. The molecule has 2 aromatic carbocycles. The van der Waals surface area contributed by atoms with Gasteiger partial charge < -0.3 is 10.2 Å². The number of hydrogen-bond acceptors (Lipinski definition) is 4. The van der Waals surface area contributed by atoms with Crippen molar-refractivity contribution in [1.29, 1.82) is 0 Å². The fraction of sp³-hybridized carbons (Fsp3) is 0.269. The number of aromatic nitrogens is 3. The second-order valence-electron chi connectivity index (χ2n) is 8.71. The lowest BCUT2D eigenvalue weighted by Gasteiger charge is -2.34. The standard InChI is InChI=1S/C26H27ClN6O/c1-18-5-3-6-21(15-18)33-24(30-23-7-4-10-28-25(23)33)17-31-11-13-32(14-12-31)26(34)29-20-9-8-19(2)22(27)16-20/h3-10,15-16H,11-14,17H2,1-2H3,(H,29,34). The molecular formula is C26H27ClN6O. The average molecular weight is 475 g/mol. The van der Waals surface area contributed by atoms with Gasteiger partial charge in [-0.05, 0) is 61.4 Å². The lowest BCUT2D eigenvalue weighted by atomic mass is 10.2. The minimum Gasteiger partial charge on any atom is -0.322 e. The quantitative estimate of drug-likeness (QED) is 0.450. The first-order chi connectivity index (χ1) is 16.5. The van der Waals surface area contributed by atoms with Crippen molar-refractivity contribution in [1.82, 2.24) is 24.3 Å². The van der Waals surface area contributed by atoms with Crippen LogP contribution in [0, 0.1) is 13.8 Å². The number of halogens is 1. The van der Waals surface area contributed by atoms with E-state index >= 15 is 0 Å². The minimum absolute atomic E-state index is 0.101. The number of carbonyl (C=O) groups excluding carboxylic acids is 1. The molecule has 0 saturated carbocycles. The molecule has 34 heavy (non-hydrogen) atoms. The van der Waals surface area contributed by atoms with Crippen molar-refractivity contribution < 1.29 is 4.79 Å². The highest BCUT2D eigenvalue weighted by atomic mass is 35.5. The van der Waals surface area contributed by atoms with Crippen LogP contribution in [-0.2, 0) is 6.54 Å². The summed E-state index contributed by atoms with van der Waals surface area (Å²) in [4.78, 5) is 26.4. The van der Waals surface area contributed by atoms with E-state index in [2.05, 4.69) is 51.0 Å². The molecule has 0 spiro atoms. The number of benzene rings is 2. The number of fused-ring (bicyclic) bond motifs is 1. The normalized spacial score (nSPS) is 14.5. The van der Waals surface area contributed by atoms with Gasteiger partial charge in [-0.25, -0.2) is 14.8 Å². The molecule has 3 heterocycles. The van der Waals surface area contributed by atoms with Gasteiger partial charge in [0.25, 0.3) is 0 Å². The maximum absolute atomic E-state index is 12.7. The summed E-state index contributed by atoms with van der Waals surface area (Å²) >= 11 is 6.19. The first kappa shape index (κ1) is 22.4. The number of amides is 2. The number of pyridine rings is 1. The Balaban J connectivity index is 1.28. The van der Waals surface area contributed by atoms with Crippen molar-refractivity contribution in [3.8, 4) is 5.69 Å². The molecule has 4 aromatic rings. The number of aryl methyl sites for hydroxylation is 2. The average Bonchev–Trinajstić information content (AvgIpc) is 3.19. The maximum atomic E-state index is 12.7. The van der Waals surface area contributed by atoms with Crippen LogP contribution in [0.3, 0.4) is 0 Å². The van der Waals surface area contributed by atoms with E-state index in [9.17, 15) is 4.79 Å². The Hall–Kier alpha value is -3.42. The van der Waals surface area contributed by atoms with E-state index < -0.39 is 0 Å². The Morgan fingerprint density at radius 2 is 1.85 bits per heavy atom. The van der Waals surface area contributed by atoms with Crippen molar-refractivity contribution in [2.45, 2.75) is 20.4 Å². The summed E-state index contributed by atoms with van der Waals surface area (Å²) in [6.45, 7) is 7.55. The number of nitrogens with zero attached hydrogens (tertiary/aromatic N) is 5. The molecule has 2 amide bonds. The number of piperazine rings is 1. The molecule has 0 aliphatic carbocycles. The van der Waals surface area contributed by atoms with Crippen LogP contribution in [-0.4, -0.2) is 56.5 Å². The molecule has 1 fully saturated rings. The topological polar surface area (TPSA) is 66.3 Å². The van der Waals surface area contributed by atoms with Crippen LogP contribution in [0.15, 0.2) is 60.8 Å². The molecule has 8 heteroatoms. The zero-order valence-electron chi connectivity index (χ0n) is 19.3. The van der Waals surface area contributed by atoms with Gasteiger partial charge in [0.1, 0.15) is 11.3 Å². The van der Waals surface area contributed by atoms with Crippen LogP contribution in [0.5, 0.6) is 0 Å². The van der Waals surface area contributed by atoms with Gasteiger partial charge in [0.2, 0.25) is 0 Å². The molecule has 2 aromatic heterocycles. The molecular weight excluding hydrogens is 448 g/mol. The van der Waals surface area contributed by atoms with E-state index in [1.54, 1.807) is 12.3 Å². The number of urea groups is 1. The van der Waals surface area contributed by atoms with Crippen LogP contribution >= 0.6 is 11.6 Å². The maximum Gasteiger partial charge on any atom is 0.321 e. The number of imidazole rings is 1. The molecule has 7 nitrogen and oxygen atoms in total. The summed E-state index contributed by atoms with van der Waals surface area (Å²) in [5, 5.41) is 3.60. The zero-order valence-corrected chi connectivity index (χ0v) is 20.1. The number of nitrogens with one attached hydrogen (secondary N) is 1. The molecule has 1 saturated heterocycles. The van der Waals surface area contributed by atoms with Gasteiger partial charge in [0.15, 0.2) is 5.65 Å². The van der Waals surface area contributed by atoms with Gasteiger partial charge in [-0.15, -0.1) is 0 Å². The molecule has 1 aliphatic rings. The predicted molar refractivity (Wildman–Crippen MR) is 136 cm³/mol. The van der Waals surface area contributed by atoms with Crippen molar-refractivity contribution in [2.75, 3.05) is 31.5 Å². The van der Waals surface area contributed by atoms with E-state index in [4.69, 9.17) is 16.6 Å². The number of anilines is 1. The van der Waals surface area contributed by atoms with Crippen molar-refractivity contribution in [3.05, 3.63) is 82.8 Å². The number of rotatable bonds is 4. The summed E-state index contributed by atoms with van der Waals surface area (Å²) in [7, 11) is 0. The lowest BCUT2D eigenvalue weighted by molar-refractivity contribution is 0.140. The first-order valence-corrected chi connectivity index (χ1v) is 11.8. The number of hydrogen-bond donors (Lipinski definition) is 1. The fourth-order valence-corrected chi connectivity index (χ4v) is 4.47.